The Morgan fingerprint density at radius 1 is 1.17 bits per heavy atom. The van der Waals surface area contributed by atoms with E-state index < -0.39 is 0 Å². The Labute approximate surface area is 140 Å². The summed E-state index contributed by atoms with van der Waals surface area (Å²) in [6, 6.07) is 18.3. The van der Waals surface area contributed by atoms with Crippen molar-refractivity contribution in [2.24, 2.45) is 0 Å². The van der Waals surface area contributed by atoms with Crippen LogP contribution in [-0.2, 0) is 0 Å². The van der Waals surface area contributed by atoms with Gasteiger partial charge in [-0.25, -0.2) is 0 Å². The highest BCUT2D eigenvalue weighted by atomic mass is 16.5. The smallest absolute Gasteiger partial charge is 0.122 e. The molecule has 0 spiro atoms. The molecule has 0 amide bonds. The third-order valence-electron chi connectivity index (χ3n) is 4.50. The van der Waals surface area contributed by atoms with Crippen molar-refractivity contribution in [3.63, 3.8) is 0 Å². The van der Waals surface area contributed by atoms with E-state index in [1.165, 1.54) is 5.56 Å². The van der Waals surface area contributed by atoms with Crippen LogP contribution in [0.5, 0.6) is 5.75 Å². The molecule has 1 unspecified atom stereocenters. The van der Waals surface area contributed by atoms with Crippen molar-refractivity contribution in [2.75, 3.05) is 18.5 Å². The molecule has 0 aliphatic carbocycles. The monoisotopic (exact) mass is 315 g/mol. The minimum Gasteiger partial charge on any atom is -0.493 e. The van der Waals surface area contributed by atoms with Crippen molar-refractivity contribution < 1.29 is 4.74 Å². The van der Waals surface area contributed by atoms with E-state index in [4.69, 9.17) is 4.74 Å². The number of ether oxygens (including phenoxy) is 1. The summed E-state index contributed by atoms with van der Waals surface area (Å²) in [5.74, 6) is 1.34. The summed E-state index contributed by atoms with van der Waals surface area (Å²) in [6.07, 6.45) is 2.61. The van der Waals surface area contributed by atoms with Gasteiger partial charge in [-0.15, -0.1) is 0 Å². The van der Waals surface area contributed by atoms with Crippen LogP contribution in [0.25, 0.3) is 10.9 Å². The van der Waals surface area contributed by atoms with Gasteiger partial charge in [-0.05, 0) is 24.1 Å². The van der Waals surface area contributed by atoms with Gasteiger partial charge in [0.2, 0.25) is 0 Å². The highest BCUT2D eigenvalue weighted by Crippen LogP contribution is 2.34. The fourth-order valence-corrected chi connectivity index (χ4v) is 3.27. The number of aromatic nitrogens is 1. The van der Waals surface area contributed by atoms with Crippen molar-refractivity contribution in [1.82, 2.24) is 4.98 Å². The second-order valence-corrected chi connectivity index (χ2v) is 5.93. The third-order valence-corrected chi connectivity index (χ3v) is 4.50. The largest absolute Gasteiger partial charge is 0.493 e. The zero-order valence-electron chi connectivity index (χ0n) is 13.2. The molecular weight excluding hydrogens is 298 g/mol. The van der Waals surface area contributed by atoms with Gasteiger partial charge in [-0.2, -0.15) is 5.26 Å². The van der Waals surface area contributed by atoms with Crippen LogP contribution in [0.1, 0.15) is 23.5 Å². The molecule has 2 heterocycles. The first-order valence-electron chi connectivity index (χ1n) is 8.10. The number of nitriles is 1. The van der Waals surface area contributed by atoms with Crippen LogP contribution in [-0.4, -0.2) is 18.1 Å². The van der Waals surface area contributed by atoms with Gasteiger partial charge in [0, 0.05) is 24.0 Å². The molecule has 118 valence electrons. The second-order valence-electron chi connectivity index (χ2n) is 5.93. The molecule has 0 radical (unpaired) electrons. The maximum Gasteiger partial charge on any atom is 0.122 e. The van der Waals surface area contributed by atoms with E-state index in [0.29, 0.717) is 11.5 Å². The SMILES string of the molecule is N#Cc1cnc2ccccc2c1NCC1CCOc2ccccc21. The quantitative estimate of drug-likeness (QED) is 0.791. The number of hydrogen-bond acceptors (Lipinski definition) is 4. The summed E-state index contributed by atoms with van der Waals surface area (Å²) in [5, 5.41) is 13.9. The van der Waals surface area contributed by atoms with Crippen LogP contribution < -0.4 is 10.1 Å². The maximum atomic E-state index is 9.42. The predicted octanol–water partition coefficient (Wildman–Crippen LogP) is 4.08. The third kappa shape index (κ3) is 2.55. The summed E-state index contributed by atoms with van der Waals surface area (Å²) in [7, 11) is 0. The number of para-hydroxylation sites is 2. The molecule has 4 nitrogen and oxygen atoms in total. The normalized spacial score (nSPS) is 16.0. The standard InChI is InChI=1S/C20H17N3O/c21-11-15-13-22-18-7-3-1-6-17(18)20(15)23-12-14-9-10-24-19-8-4-2-5-16(14)19/h1-8,13-14H,9-10,12H2,(H,22,23). The van der Waals surface area contributed by atoms with E-state index in [0.717, 1.165) is 41.9 Å². The highest BCUT2D eigenvalue weighted by Gasteiger charge is 2.21. The molecule has 1 aliphatic rings. The number of pyridine rings is 1. The van der Waals surface area contributed by atoms with E-state index in [9.17, 15) is 5.26 Å². The van der Waals surface area contributed by atoms with Crippen LogP contribution in [0.4, 0.5) is 5.69 Å². The van der Waals surface area contributed by atoms with Gasteiger partial charge in [-0.3, -0.25) is 4.98 Å². The van der Waals surface area contributed by atoms with E-state index >= 15 is 0 Å². The molecule has 0 saturated carbocycles. The lowest BCUT2D eigenvalue weighted by molar-refractivity contribution is 0.270. The zero-order valence-corrected chi connectivity index (χ0v) is 13.2. The van der Waals surface area contributed by atoms with E-state index in [1.54, 1.807) is 6.20 Å². The highest BCUT2D eigenvalue weighted by molar-refractivity contribution is 5.93. The molecule has 4 rings (SSSR count). The molecule has 1 aliphatic heterocycles. The van der Waals surface area contributed by atoms with E-state index in [-0.39, 0.29) is 0 Å². The summed E-state index contributed by atoms with van der Waals surface area (Å²) in [5.41, 5.74) is 3.57. The first-order valence-corrected chi connectivity index (χ1v) is 8.10. The molecule has 4 heteroatoms. The maximum absolute atomic E-state index is 9.42. The Hall–Kier alpha value is -3.06. The Balaban J connectivity index is 1.66. The number of nitrogens with zero attached hydrogens (tertiary/aromatic N) is 2. The van der Waals surface area contributed by atoms with Crippen molar-refractivity contribution in [3.8, 4) is 11.8 Å². The number of anilines is 1. The minimum atomic E-state index is 0.369. The summed E-state index contributed by atoms with van der Waals surface area (Å²) < 4.78 is 5.73. The van der Waals surface area contributed by atoms with Crippen LogP contribution in [0.2, 0.25) is 0 Å². The van der Waals surface area contributed by atoms with Crippen LogP contribution in [0.3, 0.4) is 0 Å². The number of rotatable bonds is 3. The van der Waals surface area contributed by atoms with Gasteiger partial charge in [0.1, 0.15) is 11.8 Å². The number of hydrogen-bond donors (Lipinski definition) is 1. The zero-order chi connectivity index (χ0) is 16.4. The lowest BCUT2D eigenvalue weighted by atomic mass is 9.93. The fourth-order valence-electron chi connectivity index (χ4n) is 3.27. The van der Waals surface area contributed by atoms with Crippen molar-refractivity contribution in [1.29, 1.82) is 5.26 Å². The Morgan fingerprint density at radius 3 is 2.92 bits per heavy atom. The van der Waals surface area contributed by atoms with Crippen LogP contribution in [0.15, 0.2) is 54.7 Å². The molecule has 1 aromatic heterocycles. The van der Waals surface area contributed by atoms with Gasteiger partial charge < -0.3 is 10.1 Å². The Morgan fingerprint density at radius 2 is 2.00 bits per heavy atom. The average molecular weight is 315 g/mol. The lowest BCUT2D eigenvalue weighted by Crippen LogP contribution is -2.21. The first kappa shape index (κ1) is 14.5. The molecule has 0 saturated heterocycles. The topological polar surface area (TPSA) is 57.9 Å². The molecule has 2 aromatic carbocycles. The predicted molar refractivity (Wildman–Crippen MR) is 94.2 cm³/mol. The fraction of sp³-hybridized carbons (Fsp3) is 0.200. The summed E-state index contributed by atoms with van der Waals surface area (Å²) >= 11 is 0. The summed E-state index contributed by atoms with van der Waals surface area (Å²) in [4.78, 5) is 4.36. The van der Waals surface area contributed by atoms with Crippen molar-refractivity contribution in [3.05, 3.63) is 65.9 Å². The van der Waals surface area contributed by atoms with Gasteiger partial charge in [-0.1, -0.05) is 36.4 Å². The van der Waals surface area contributed by atoms with Gasteiger partial charge in [0.25, 0.3) is 0 Å². The molecule has 24 heavy (non-hydrogen) atoms. The molecule has 0 fully saturated rings. The van der Waals surface area contributed by atoms with Gasteiger partial charge in [0.05, 0.1) is 23.4 Å². The van der Waals surface area contributed by atoms with Gasteiger partial charge in [0.15, 0.2) is 0 Å². The minimum absolute atomic E-state index is 0.369. The number of nitrogens with one attached hydrogen (secondary N) is 1. The Bertz CT molecular complexity index is 930. The van der Waals surface area contributed by atoms with E-state index in [2.05, 4.69) is 22.4 Å². The number of benzene rings is 2. The lowest BCUT2D eigenvalue weighted by Gasteiger charge is -2.26. The molecule has 3 aromatic rings. The van der Waals surface area contributed by atoms with Crippen LogP contribution in [0, 0.1) is 11.3 Å². The molecule has 1 N–H and O–H groups in total. The molecular formula is C20H17N3O. The summed E-state index contributed by atoms with van der Waals surface area (Å²) in [6.45, 7) is 1.49. The first-order chi connectivity index (χ1) is 11.9. The van der Waals surface area contributed by atoms with Crippen molar-refractivity contribution >= 4 is 16.6 Å². The Kier molecular flexibility index (Phi) is 3.76. The second kappa shape index (κ2) is 6.21. The molecule has 0 bridgehead atoms. The van der Waals surface area contributed by atoms with Crippen LogP contribution >= 0.6 is 0 Å². The van der Waals surface area contributed by atoms with E-state index in [1.807, 2.05) is 42.5 Å². The average Bonchev–Trinajstić information content (AvgIpc) is 2.66. The molecule has 1 atom stereocenters. The van der Waals surface area contributed by atoms with Gasteiger partial charge >= 0.3 is 0 Å². The number of fused-ring (bicyclic) bond motifs is 2. The van der Waals surface area contributed by atoms with Crippen molar-refractivity contribution in [2.45, 2.75) is 12.3 Å².